The average Bonchev–Trinajstić information content (AvgIpc) is 3.16. The van der Waals surface area contributed by atoms with Crippen LogP contribution >= 0.6 is 11.8 Å². The van der Waals surface area contributed by atoms with E-state index in [2.05, 4.69) is 21.7 Å². The topological polar surface area (TPSA) is 27.1 Å². The van der Waals surface area contributed by atoms with E-state index in [0.717, 1.165) is 40.0 Å². The summed E-state index contributed by atoms with van der Waals surface area (Å²) in [5.41, 5.74) is 4.42. The predicted octanol–water partition coefficient (Wildman–Crippen LogP) is 6.04. The van der Waals surface area contributed by atoms with Crippen LogP contribution in [0.25, 0.3) is 11.3 Å². The second-order valence-electron chi connectivity index (χ2n) is 6.64. The van der Waals surface area contributed by atoms with E-state index in [0.29, 0.717) is 0 Å². The normalized spacial score (nSPS) is 10.8. The summed E-state index contributed by atoms with van der Waals surface area (Å²) in [7, 11) is 1.67. The Hall–Kier alpha value is -3.05. The Morgan fingerprint density at radius 3 is 2.31 bits per heavy atom. The number of nitrogens with zero attached hydrogens (tertiary/aromatic N) is 2. The van der Waals surface area contributed by atoms with Gasteiger partial charge in [0.2, 0.25) is 0 Å². The summed E-state index contributed by atoms with van der Waals surface area (Å²) in [5.74, 6) is 1.34. The Bertz CT molecular complexity index is 1060. The van der Waals surface area contributed by atoms with Crippen molar-refractivity contribution in [1.82, 2.24) is 9.55 Å². The highest BCUT2D eigenvalue weighted by Crippen LogP contribution is 2.30. The molecule has 0 spiro atoms. The molecule has 4 rings (SSSR count). The summed E-state index contributed by atoms with van der Waals surface area (Å²) in [6.45, 7) is 0.730. The van der Waals surface area contributed by atoms with Crippen molar-refractivity contribution in [3.8, 4) is 17.0 Å². The molecule has 3 nitrogen and oxygen atoms in total. The van der Waals surface area contributed by atoms with E-state index in [-0.39, 0.29) is 5.82 Å². The van der Waals surface area contributed by atoms with Crippen LogP contribution in [0.2, 0.25) is 0 Å². The highest BCUT2D eigenvalue weighted by molar-refractivity contribution is 7.98. The molecule has 0 aliphatic rings. The van der Waals surface area contributed by atoms with Crippen molar-refractivity contribution in [2.45, 2.75) is 17.5 Å². The standard InChI is InChI=1S/C24H21FN2OS/c1-28-22-13-9-20(10-14-22)23-15-26-24(27(23)16-18-5-3-2-4-6-18)29-17-19-7-11-21(25)12-8-19/h2-15H,16-17H2,1H3. The molecule has 0 atom stereocenters. The summed E-state index contributed by atoms with van der Waals surface area (Å²) in [6, 6.07) is 25.0. The first-order valence-corrected chi connectivity index (χ1v) is 10.3. The second-order valence-corrected chi connectivity index (χ2v) is 7.58. The van der Waals surface area contributed by atoms with E-state index in [9.17, 15) is 4.39 Å². The highest BCUT2D eigenvalue weighted by Gasteiger charge is 2.13. The maximum atomic E-state index is 13.2. The first-order chi connectivity index (χ1) is 14.2. The lowest BCUT2D eigenvalue weighted by atomic mass is 10.1. The van der Waals surface area contributed by atoms with Crippen molar-refractivity contribution in [3.63, 3.8) is 0 Å². The number of methoxy groups -OCH3 is 1. The molecule has 4 aromatic rings. The number of benzene rings is 3. The van der Waals surface area contributed by atoms with Crippen molar-refractivity contribution in [3.05, 3.63) is 102 Å². The third-order valence-corrected chi connectivity index (χ3v) is 5.73. The lowest BCUT2D eigenvalue weighted by Crippen LogP contribution is -2.04. The summed E-state index contributed by atoms with van der Waals surface area (Å²) in [6.07, 6.45) is 1.91. The minimum atomic E-state index is -0.217. The van der Waals surface area contributed by atoms with Crippen LogP contribution in [0.5, 0.6) is 5.75 Å². The third-order valence-electron chi connectivity index (χ3n) is 4.67. The predicted molar refractivity (Wildman–Crippen MR) is 116 cm³/mol. The van der Waals surface area contributed by atoms with Crippen LogP contribution in [-0.4, -0.2) is 16.7 Å². The molecule has 0 unspecified atom stereocenters. The lowest BCUT2D eigenvalue weighted by molar-refractivity contribution is 0.415. The fourth-order valence-electron chi connectivity index (χ4n) is 3.11. The van der Waals surface area contributed by atoms with Gasteiger partial charge in [-0.15, -0.1) is 0 Å². The number of hydrogen-bond donors (Lipinski definition) is 0. The van der Waals surface area contributed by atoms with Gasteiger partial charge in [-0.25, -0.2) is 9.37 Å². The van der Waals surface area contributed by atoms with Crippen LogP contribution in [0.3, 0.4) is 0 Å². The molecular weight excluding hydrogens is 383 g/mol. The molecule has 29 heavy (non-hydrogen) atoms. The maximum absolute atomic E-state index is 13.2. The van der Waals surface area contributed by atoms with Crippen LogP contribution in [0.1, 0.15) is 11.1 Å². The molecule has 0 amide bonds. The molecule has 0 saturated carbocycles. The number of thioether (sulfide) groups is 1. The van der Waals surface area contributed by atoms with Crippen molar-refractivity contribution in [2.75, 3.05) is 7.11 Å². The van der Waals surface area contributed by atoms with Crippen molar-refractivity contribution >= 4 is 11.8 Å². The molecule has 0 aliphatic carbocycles. The van der Waals surface area contributed by atoms with Gasteiger partial charge >= 0.3 is 0 Å². The highest BCUT2D eigenvalue weighted by atomic mass is 32.2. The number of halogens is 1. The fraction of sp³-hybridized carbons (Fsp3) is 0.125. The zero-order chi connectivity index (χ0) is 20.1. The van der Waals surface area contributed by atoms with Gasteiger partial charge < -0.3 is 9.30 Å². The van der Waals surface area contributed by atoms with Gasteiger partial charge in [0, 0.05) is 11.3 Å². The molecule has 0 N–H and O–H groups in total. The van der Waals surface area contributed by atoms with E-state index in [1.807, 2.05) is 60.8 Å². The molecule has 1 heterocycles. The molecule has 0 saturated heterocycles. The molecule has 5 heteroatoms. The van der Waals surface area contributed by atoms with Gasteiger partial charge in [0.05, 0.1) is 25.5 Å². The first-order valence-electron chi connectivity index (χ1n) is 9.34. The van der Waals surface area contributed by atoms with Crippen LogP contribution in [0.15, 0.2) is 90.2 Å². The molecule has 0 radical (unpaired) electrons. The van der Waals surface area contributed by atoms with Gasteiger partial charge in [-0.3, -0.25) is 0 Å². The molecule has 0 bridgehead atoms. The van der Waals surface area contributed by atoms with Crippen molar-refractivity contribution in [2.24, 2.45) is 0 Å². The number of aromatic nitrogens is 2. The fourth-order valence-corrected chi connectivity index (χ4v) is 4.05. The van der Waals surface area contributed by atoms with Gasteiger partial charge in [-0.1, -0.05) is 54.2 Å². The minimum absolute atomic E-state index is 0.217. The smallest absolute Gasteiger partial charge is 0.169 e. The monoisotopic (exact) mass is 404 g/mol. The Balaban J connectivity index is 1.64. The largest absolute Gasteiger partial charge is 0.497 e. The Morgan fingerprint density at radius 2 is 1.62 bits per heavy atom. The van der Waals surface area contributed by atoms with Gasteiger partial charge in [-0.05, 0) is 47.5 Å². The van der Waals surface area contributed by atoms with Gasteiger partial charge in [0.25, 0.3) is 0 Å². The quantitative estimate of drug-likeness (QED) is 0.352. The lowest BCUT2D eigenvalue weighted by Gasteiger charge is -2.13. The van der Waals surface area contributed by atoms with Crippen LogP contribution in [0, 0.1) is 5.82 Å². The summed E-state index contributed by atoms with van der Waals surface area (Å²) in [4.78, 5) is 4.68. The molecule has 0 fully saturated rings. The van der Waals surface area contributed by atoms with Crippen molar-refractivity contribution < 1.29 is 9.13 Å². The van der Waals surface area contributed by atoms with E-state index < -0.39 is 0 Å². The Morgan fingerprint density at radius 1 is 0.897 bits per heavy atom. The summed E-state index contributed by atoms with van der Waals surface area (Å²) in [5, 5.41) is 0.934. The van der Waals surface area contributed by atoms with Gasteiger partial charge in [-0.2, -0.15) is 0 Å². The number of ether oxygens (including phenoxy) is 1. The molecule has 0 aliphatic heterocycles. The van der Waals surface area contributed by atoms with Crippen LogP contribution < -0.4 is 4.74 Å². The maximum Gasteiger partial charge on any atom is 0.169 e. The van der Waals surface area contributed by atoms with Gasteiger partial charge in [0.15, 0.2) is 5.16 Å². The molecule has 146 valence electrons. The third kappa shape index (κ3) is 4.69. The number of imidazole rings is 1. The SMILES string of the molecule is COc1ccc(-c2cnc(SCc3ccc(F)cc3)n2Cc2ccccc2)cc1. The Labute approximate surface area is 174 Å². The number of hydrogen-bond acceptors (Lipinski definition) is 3. The Kier molecular flexibility index (Phi) is 5.96. The van der Waals surface area contributed by atoms with Crippen LogP contribution in [0.4, 0.5) is 4.39 Å². The second kappa shape index (κ2) is 8.97. The zero-order valence-corrected chi connectivity index (χ0v) is 16.9. The van der Waals surface area contributed by atoms with E-state index >= 15 is 0 Å². The van der Waals surface area contributed by atoms with Crippen LogP contribution in [-0.2, 0) is 12.3 Å². The molecular formula is C24H21FN2OS. The van der Waals surface area contributed by atoms with E-state index in [4.69, 9.17) is 4.74 Å². The minimum Gasteiger partial charge on any atom is -0.497 e. The summed E-state index contributed by atoms with van der Waals surface area (Å²) < 4.78 is 20.7. The van der Waals surface area contributed by atoms with Crippen molar-refractivity contribution in [1.29, 1.82) is 0 Å². The molecule has 1 aromatic heterocycles. The van der Waals surface area contributed by atoms with E-state index in [1.54, 1.807) is 18.9 Å². The summed E-state index contributed by atoms with van der Waals surface area (Å²) >= 11 is 1.65. The van der Waals surface area contributed by atoms with E-state index in [1.165, 1.54) is 17.7 Å². The number of rotatable bonds is 7. The zero-order valence-electron chi connectivity index (χ0n) is 16.1. The first kappa shape index (κ1) is 19.3. The van der Waals surface area contributed by atoms with Gasteiger partial charge in [0.1, 0.15) is 11.6 Å². The average molecular weight is 405 g/mol. The molecule has 3 aromatic carbocycles.